The van der Waals surface area contributed by atoms with Gasteiger partial charge in [-0.05, 0) is 96.5 Å². The molecule has 0 amide bonds. The van der Waals surface area contributed by atoms with Crippen molar-refractivity contribution in [2.24, 2.45) is 0 Å². The summed E-state index contributed by atoms with van der Waals surface area (Å²) in [6.45, 7) is 1.52. The topological polar surface area (TPSA) is 105 Å². The zero-order chi connectivity index (χ0) is 33.4. The van der Waals surface area contributed by atoms with E-state index in [0.29, 0.717) is 86.6 Å². The van der Waals surface area contributed by atoms with Crippen LogP contribution in [0.4, 0.5) is 0 Å². The summed E-state index contributed by atoms with van der Waals surface area (Å²) in [6.07, 6.45) is 1.24. The van der Waals surface area contributed by atoms with Crippen molar-refractivity contribution >= 4 is 0 Å². The van der Waals surface area contributed by atoms with Crippen molar-refractivity contribution in [1.29, 1.82) is 0 Å². The van der Waals surface area contributed by atoms with Gasteiger partial charge in [0, 0.05) is 0 Å². The van der Waals surface area contributed by atoms with E-state index >= 15 is 0 Å². The van der Waals surface area contributed by atoms with E-state index in [0.717, 1.165) is 22.3 Å². The van der Waals surface area contributed by atoms with Crippen molar-refractivity contribution in [3.63, 3.8) is 0 Å². The number of hydrogen-bond acceptors (Lipinski definition) is 9. The number of ether oxygens (including phenoxy) is 7. The number of aliphatic hydroxyl groups excluding tert-OH is 2. The minimum atomic E-state index is -0.628. The molecule has 0 aliphatic carbocycles. The molecule has 252 valence electrons. The quantitative estimate of drug-likeness (QED) is 0.104. The van der Waals surface area contributed by atoms with Gasteiger partial charge in [-0.2, -0.15) is 0 Å². The second kappa shape index (κ2) is 18.6. The second-order valence-corrected chi connectivity index (χ2v) is 10.9. The van der Waals surface area contributed by atoms with E-state index in [1.165, 1.54) is 0 Å². The monoisotopic (exact) mass is 646 g/mol. The van der Waals surface area contributed by atoms with Gasteiger partial charge in [-0.25, -0.2) is 0 Å². The molecule has 4 aromatic carbocycles. The average Bonchev–Trinajstić information content (AvgIpc) is 3.12. The Balaban J connectivity index is 1.13. The Kier molecular flexibility index (Phi) is 14.0. The van der Waals surface area contributed by atoms with Crippen molar-refractivity contribution in [2.45, 2.75) is 37.9 Å². The number of hydrogen-bond donors (Lipinski definition) is 2. The zero-order valence-electron chi connectivity index (χ0n) is 27.6. The summed E-state index contributed by atoms with van der Waals surface area (Å²) in [5, 5.41) is 21.6. The third-order valence-electron chi connectivity index (χ3n) is 7.79. The molecule has 4 aromatic rings. The Labute approximate surface area is 277 Å². The van der Waals surface area contributed by atoms with E-state index in [9.17, 15) is 10.2 Å². The van der Waals surface area contributed by atoms with Gasteiger partial charge in [0.1, 0.15) is 24.7 Å². The first-order valence-electron chi connectivity index (χ1n) is 15.7. The standard InChI is InChI=1S/C38H46O9/c1-41-35-17-13-27(23-37(35)43-3)11-15-33(39)29-7-5-9-31(25-29)46-21-19-45-20-22-47-32-10-6-8-30(26-32)34(40)16-12-28-14-18-36(42-2)38(24-28)44-4/h5-10,13-14,17-18,23-26,33-34,39-40H,11-12,15-16,19-22H2,1-4H3. The molecule has 0 aliphatic heterocycles. The number of methoxy groups -OCH3 is 4. The lowest BCUT2D eigenvalue weighted by molar-refractivity contribution is 0.0762. The highest BCUT2D eigenvalue weighted by atomic mass is 16.5. The second-order valence-electron chi connectivity index (χ2n) is 10.9. The van der Waals surface area contributed by atoms with Crippen LogP contribution >= 0.6 is 0 Å². The van der Waals surface area contributed by atoms with Crippen molar-refractivity contribution in [3.05, 3.63) is 107 Å². The number of aryl methyl sites for hydroxylation is 2. The molecule has 9 heteroatoms. The molecule has 0 aromatic heterocycles. The predicted octanol–water partition coefficient (Wildman–Crippen LogP) is 6.53. The Morgan fingerprint density at radius 1 is 0.489 bits per heavy atom. The minimum Gasteiger partial charge on any atom is -0.493 e. The van der Waals surface area contributed by atoms with Crippen LogP contribution in [0.2, 0.25) is 0 Å². The summed E-state index contributed by atoms with van der Waals surface area (Å²) >= 11 is 0. The molecule has 2 unspecified atom stereocenters. The molecular formula is C38H46O9. The maximum Gasteiger partial charge on any atom is 0.160 e. The smallest absolute Gasteiger partial charge is 0.160 e. The summed E-state index contributed by atoms with van der Waals surface area (Å²) in [5.74, 6) is 4.06. The molecule has 0 fully saturated rings. The van der Waals surface area contributed by atoms with Crippen molar-refractivity contribution in [3.8, 4) is 34.5 Å². The summed E-state index contributed by atoms with van der Waals surface area (Å²) in [7, 11) is 6.44. The van der Waals surface area contributed by atoms with Crippen molar-refractivity contribution in [1.82, 2.24) is 0 Å². The Bertz CT molecular complexity index is 1410. The molecule has 0 spiro atoms. The van der Waals surface area contributed by atoms with Crippen LogP contribution in [-0.4, -0.2) is 65.1 Å². The number of benzene rings is 4. The van der Waals surface area contributed by atoms with Gasteiger partial charge >= 0.3 is 0 Å². The van der Waals surface area contributed by atoms with E-state index in [2.05, 4.69) is 0 Å². The number of rotatable bonds is 20. The highest BCUT2D eigenvalue weighted by Gasteiger charge is 2.13. The molecular weight excluding hydrogens is 600 g/mol. The average molecular weight is 647 g/mol. The maximum atomic E-state index is 10.8. The Morgan fingerprint density at radius 3 is 1.32 bits per heavy atom. The molecule has 2 N–H and O–H groups in total. The summed E-state index contributed by atoms with van der Waals surface area (Å²) < 4.78 is 38.8. The van der Waals surface area contributed by atoms with Gasteiger partial charge in [0.2, 0.25) is 0 Å². The molecule has 0 saturated heterocycles. The first-order valence-corrected chi connectivity index (χ1v) is 15.7. The highest BCUT2D eigenvalue weighted by Crippen LogP contribution is 2.31. The lowest BCUT2D eigenvalue weighted by Crippen LogP contribution is -2.12. The van der Waals surface area contributed by atoms with E-state index in [1.807, 2.05) is 84.9 Å². The van der Waals surface area contributed by atoms with Gasteiger partial charge in [-0.1, -0.05) is 36.4 Å². The van der Waals surface area contributed by atoms with Crippen LogP contribution in [0.3, 0.4) is 0 Å². The molecule has 4 rings (SSSR count). The SMILES string of the molecule is COc1ccc(CCC(O)c2cccc(OCCOCCOc3cccc(C(O)CCc4ccc(OC)c(OC)c4)c3)c2)cc1OC. The molecule has 0 saturated carbocycles. The van der Waals surface area contributed by atoms with E-state index in [-0.39, 0.29) is 0 Å². The van der Waals surface area contributed by atoms with Gasteiger partial charge < -0.3 is 43.4 Å². The molecule has 0 bridgehead atoms. The third-order valence-corrected chi connectivity index (χ3v) is 7.79. The van der Waals surface area contributed by atoms with Gasteiger partial charge in [0.25, 0.3) is 0 Å². The van der Waals surface area contributed by atoms with Crippen LogP contribution in [0.5, 0.6) is 34.5 Å². The lowest BCUT2D eigenvalue weighted by atomic mass is 10.0. The van der Waals surface area contributed by atoms with Crippen molar-refractivity contribution < 1.29 is 43.4 Å². The molecule has 0 aliphatic rings. The molecule has 0 heterocycles. The van der Waals surface area contributed by atoms with Gasteiger partial charge in [-0.15, -0.1) is 0 Å². The normalized spacial score (nSPS) is 12.2. The fourth-order valence-electron chi connectivity index (χ4n) is 5.17. The molecule has 0 radical (unpaired) electrons. The third kappa shape index (κ3) is 10.8. The summed E-state index contributed by atoms with van der Waals surface area (Å²) in [4.78, 5) is 0. The van der Waals surface area contributed by atoms with Gasteiger partial charge in [0.05, 0.1) is 53.9 Å². The maximum absolute atomic E-state index is 10.8. The Hall–Kier alpha value is -4.44. The number of aliphatic hydroxyl groups is 2. The van der Waals surface area contributed by atoms with Crippen LogP contribution in [0, 0.1) is 0 Å². The Morgan fingerprint density at radius 2 is 0.915 bits per heavy atom. The largest absolute Gasteiger partial charge is 0.493 e. The predicted molar refractivity (Wildman–Crippen MR) is 180 cm³/mol. The fourth-order valence-corrected chi connectivity index (χ4v) is 5.17. The molecule has 9 nitrogen and oxygen atoms in total. The fraction of sp³-hybridized carbons (Fsp3) is 0.368. The van der Waals surface area contributed by atoms with Crippen LogP contribution in [0.25, 0.3) is 0 Å². The lowest BCUT2D eigenvalue weighted by Gasteiger charge is -2.15. The zero-order valence-corrected chi connectivity index (χ0v) is 27.6. The summed E-state index contributed by atoms with van der Waals surface area (Å²) in [6, 6.07) is 26.6. The van der Waals surface area contributed by atoms with Gasteiger partial charge in [-0.3, -0.25) is 0 Å². The van der Waals surface area contributed by atoms with Crippen LogP contribution in [0.1, 0.15) is 47.3 Å². The minimum absolute atomic E-state index is 0.368. The van der Waals surface area contributed by atoms with E-state index in [4.69, 9.17) is 33.2 Å². The van der Waals surface area contributed by atoms with E-state index in [1.54, 1.807) is 28.4 Å². The summed E-state index contributed by atoms with van der Waals surface area (Å²) in [5.41, 5.74) is 3.71. The highest BCUT2D eigenvalue weighted by molar-refractivity contribution is 5.44. The first-order chi connectivity index (χ1) is 22.9. The van der Waals surface area contributed by atoms with Crippen LogP contribution < -0.4 is 28.4 Å². The van der Waals surface area contributed by atoms with Crippen LogP contribution in [-0.2, 0) is 17.6 Å². The van der Waals surface area contributed by atoms with Crippen LogP contribution in [0.15, 0.2) is 84.9 Å². The van der Waals surface area contributed by atoms with E-state index < -0.39 is 12.2 Å². The van der Waals surface area contributed by atoms with Gasteiger partial charge in [0.15, 0.2) is 23.0 Å². The molecule has 47 heavy (non-hydrogen) atoms. The molecule has 2 atom stereocenters. The van der Waals surface area contributed by atoms with Crippen molar-refractivity contribution in [2.75, 3.05) is 54.9 Å². The first kappa shape index (κ1) is 35.4.